The summed E-state index contributed by atoms with van der Waals surface area (Å²) in [5.41, 5.74) is 5.81. The highest BCUT2D eigenvalue weighted by molar-refractivity contribution is 6.02. The Hall–Kier alpha value is -1.42. The topological polar surface area (TPSA) is 63.3 Å². The van der Waals surface area contributed by atoms with Crippen LogP contribution in [0.1, 0.15) is 22.8 Å². The summed E-state index contributed by atoms with van der Waals surface area (Å²) in [6.07, 6.45) is 0. The van der Waals surface area contributed by atoms with Gasteiger partial charge in [0.2, 0.25) is 0 Å². The Balaban J connectivity index is 3.12. The fourth-order valence-electron chi connectivity index (χ4n) is 1.11. The standard InChI is InChI=1S/C10H12FNO2/c1-6(12)10(14)8-4-7(5-11)2-3-9(8)13/h2-4,6,13H,5,12H2,1H3. The van der Waals surface area contributed by atoms with Crippen LogP contribution < -0.4 is 5.73 Å². The molecule has 0 aliphatic carbocycles. The maximum absolute atomic E-state index is 12.3. The van der Waals surface area contributed by atoms with E-state index < -0.39 is 18.5 Å². The van der Waals surface area contributed by atoms with Crippen LogP contribution in [0.5, 0.6) is 5.75 Å². The zero-order valence-electron chi connectivity index (χ0n) is 7.83. The van der Waals surface area contributed by atoms with Gasteiger partial charge < -0.3 is 10.8 Å². The van der Waals surface area contributed by atoms with E-state index in [0.29, 0.717) is 5.56 Å². The number of rotatable bonds is 3. The Bertz CT molecular complexity index is 350. The third kappa shape index (κ3) is 2.09. The molecule has 1 rings (SSSR count). The van der Waals surface area contributed by atoms with E-state index in [1.807, 2.05) is 0 Å². The normalized spacial score (nSPS) is 12.5. The van der Waals surface area contributed by atoms with Crippen LogP contribution in [0.2, 0.25) is 0 Å². The van der Waals surface area contributed by atoms with Gasteiger partial charge in [-0.15, -0.1) is 0 Å². The van der Waals surface area contributed by atoms with E-state index in [1.54, 1.807) is 0 Å². The molecule has 3 N–H and O–H groups in total. The molecule has 0 bridgehead atoms. The second-order valence-corrected chi connectivity index (χ2v) is 3.14. The molecule has 1 atom stereocenters. The van der Waals surface area contributed by atoms with Gasteiger partial charge in [0, 0.05) is 0 Å². The van der Waals surface area contributed by atoms with Crippen molar-refractivity contribution in [2.75, 3.05) is 0 Å². The van der Waals surface area contributed by atoms with E-state index in [-0.39, 0.29) is 11.3 Å². The number of hydrogen-bond donors (Lipinski definition) is 2. The average molecular weight is 197 g/mol. The summed E-state index contributed by atoms with van der Waals surface area (Å²) in [7, 11) is 0. The molecule has 0 saturated heterocycles. The largest absolute Gasteiger partial charge is 0.507 e. The molecule has 0 aliphatic rings. The summed E-state index contributed by atoms with van der Waals surface area (Å²) in [6, 6.07) is 3.34. The van der Waals surface area contributed by atoms with Crippen molar-refractivity contribution in [3.63, 3.8) is 0 Å². The quantitative estimate of drug-likeness (QED) is 0.720. The van der Waals surface area contributed by atoms with Crippen molar-refractivity contribution in [3.8, 4) is 5.75 Å². The lowest BCUT2D eigenvalue weighted by molar-refractivity contribution is 0.0965. The molecule has 1 unspecified atom stereocenters. The number of carbonyl (C=O) groups is 1. The third-order valence-corrected chi connectivity index (χ3v) is 1.89. The summed E-state index contributed by atoms with van der Waals surface area (Å²) in [5, 5.41) is 9.35. The number of alkyl halides is 1. The fourth-order valence-corrected chi connectivity index (χ4v) is 1.11. The van der Waals surface area contributed by atoms with Gasteiger partial charge in [0.25, 0.3) is 0 Å². The summed E-state index contributed by atoms with van der Waals surface area (Å²) in [5.74, 6) is -0.553. The number of hydrogen-bond acceptors (Lipinski definition) is 3. The number of Topliss-reactive ketones (excluding diaryl/α,β-unsaturated/α-hetero) is 1. The van der Waals surface area contributed by atoms with Crippen molar-refractivity contribution < 1.29 is 14.3 Å². The van der Waals surface area contributed by atoms with Gasteiger partial charge in [0.1, 0.15) is 12.4 Å². The van der Waals surface area contributed by atoms with Gasteiger partial charge in [0.15, 0.2) is 5.78 Å². The summed E-state index contributed by atoms with van der Waals surface area (Å²) in [6.45, 7) is 0.851. The van der Waals surface area contributed by atoms with E-state index in [9.17, 15) is 14.3 Å². The number of benzene rings is 1. The van der Waals surface area contributed by atoms with Crippen LogP contribution in [-0.4, -0.2) is 16.9 Å². The SMILES string of the molecule is CC(N)C(=O)c1cc(CF)ccc1O. The Morgan fingerprint density at radius 2 is 2.29 bits per heavy atom. The van der Waals surface area contributed by atoms with E-state index in [1.165, 1.54) is 25.1 Å². The highest BCUT2D eigenvalue weighted by atomic mass is 19.1. The van der Waals surface area contributed by atoms with Gasteiger partial charge in [-0.25, -0.2) is 4.39 Å². The first-order chi connectivity index (χ1) is 6.56. The predicted octanol–water partition coefficient (Wildman–Crippen LogP) is 1.39. The van der Waals surface area contributed by atoms with Crippen LogP contribution in [0.3, 0.4) is 0 Å². The Labute approximate surface area is 81.4 Å². The number of carbonyl (C=O) groups excluding carboxylic acids is 1. The van der Waals surface area contributed by atoms with Gasteiger partial charge in [-0.2, -0.15) is 0 Å². The highest BCUT2D eigenvalue weighted by Gasteiger charge is 2.15. The summed E-state index contributed by atoms with van der Waals surface area (Å²) < 4.78 is 12.3. The molecule has 0 heterocycles. The monoisotopic (exact) mass is 197 g/mol. The molecule has 1 aromatic rings. The van der Waals surface area contributed by atoms with Crippen molar-refractivity contribution in [3.05, 3.63) is 29.3 Å². The first kappa shape index (κ1) is 10.7. The minimum atomic E-state index is -0.698. The van der Waals surface area contributed by atoms with E-state index in [2.05, 4.69) is 0 Å². The number of ketones is 1. The molecule has 14 heavy (non-hydrogen) atoms. The first-order valence-electron chi connectivity index (χ1n) is 4.24. The maximum atomic E-state index is 12.3. The summed E-state index contributed by atoms with van der Waals surface area (Å²) >= 11 is 0. The number of nitrogens with two attached hydrogens (primary N) is 1. The zero-order valence-corrected chi connectivity index (χ0v) is 7.83. The second-order valence-electron chi connectivity index (χ2n) is 3.14. The molecule has 1 aromatic carbocycles. The van der Waals surface area contributed by atoms with Gasteiger partial charge in [-0.1, -0.05) is 6.07 Å². The lowest BCUT2D eigenvalue weighted by Gasteiger charge is -2.07. The Kier molecular flexibility index (Phi) is 3.19. The van der Waals surface area contributed by atoms with Gasteiger partial charge >= 0.3 is 0 Å². The predicted molar refractivity (Wildman–Crippen MR) is 50.9 cm³/mol. The molecule has 0 fully saturated rings. The van der Waals surface area contributed by atoms with Crippen molar-refractivity contribution in [2.45, 2.75) is 19.6 Å². The third-order valence-electron chi connectivity index (χ3n) is 1.89. The van der Waals surface area contributed by atoms with Crippen molar-refractivity contribution in [1.29, 1.82) is 0 Å². The van der Waals surface area contributed by atoms with Crippen LogP contribution in [0.25, 0.3) is 0 Å². The molecule has 76 valence electrons. The Morgan fingerprint density at radius 3 is 2.79 bits per heavy atom. The summed E-state index contributed by atoms with van der Waals surface area (Å²) in [4.78, 5) is 11.4. The van der Waals surface area contributed by atoms with Crippen molar-refractivity contribution in [2.24, 2.45) is 5.73 Å². The minimum absolute atomic E-state index is 0.0788. The van der Waals surface area contributed by atoms with Crippen LogP contribution in [0.15, 0.2) is 18.2 Å². The van der Waals surface area contributed by atoms with Crippen LogP contribution >= 0.6 is 0 Å². The smallest absolute Gasteiger partial charge is 0.182 e. The molecule has 4 heteroatoms. The first-order valence-corrected chi connectivity index (χ1v) is 4.24. The lowest BCUT2D eigenvalue weighted by atomic mass is 10.0. The molecule has 0 aliphatic heterocycles. The maximum Gasteiger partial charge on any atom is 0.182 e. The van der Waals surface area contributed by atoms with Crippen molar-refractivity contribution >= 4 is 5.78 Å². The Morgan fingerprint density at radius 1 is 1.64 bits per heavy atom. The lowest BCUT2D eigenvalue weighted by Crippen LogP contribution is -2.26. The van der Waals surface area contributed by atoms with Crippen molar-refractivity contribution in [1.82, 2.24) is 0 Å². The molecule has 0 aromatic heterocycles. The molecule has 3 nitrogen and oxygen atoms in total. The second kappa shape index (κ2) is 4.19. The average Bonchev–Trinajstić information content (AvgIpc) is 2.17. The van der Waals surface area contributed by atoms with Crippen LogP contribution in [0, 0.1) is 0 Å². The molecular formula is C10H12FNO2. The van der Waals surface area contributed by atoms with E-state index in [0.717, 1.165) is 0 Å². The fraction of sp³-hybridized carbons (Fsp3) is 0.300. The molecule has 0 radical (unpaired) electrons. The van der Waals surface area contributed by atoms with Gasteiger partial charge in [-0.3, -0.25) is 4.79 Å². The molecule has 0 spiro atoms. The zero-order chi connectivity index (χ0) is 10.7. The minimum Gasteiger partial charge on any atom is -0.507 e. The molecule has 0 saturated carbocycles. The van der Waals surface area contributed by atoms with Crippen LogP contribution in [-0.2, 0) is 6.67 Å². The number of phenols is 1. The van der Waals surface area contributed by atoms with Gasteiger partial charge in [-0.05, 0) is 24.6 Å². The van der Waals surface area contributed by atoms with Crippen LogP contribution in [0.4, 0.5) is 4.39 Å². The van der Waals surface area contributed by atoms with E-state index >= 15 is 0 Å². The highest BCUT2D eigenvalue weighted by Crippen LogP contribution is 2.20. The number of halogens is 1. The molecule has 0 amide bonds. The van der Waals surface area contributed by atoms with E-state index in [4.69, 9.17) is 5.73 Å². The molecular weight excluding hydrogens is 185 g/mol. The number of phenolic OH excluding ortho intramolecular Hbond substituents is 1. The van der Waals surface area contributed by atoms with Gasteiger partial charge in [0.05, 0.1) is 11.6 Å². The number of aromatic hydroxyl groups is 1.